The van der Waals surface area contributed by atoms with Crippen LogP contribution in [0.25, 0.3) is 11.3 Å². The molecule has 0 fully saturated rings. The summed E-state index contributed by atoms with van der Waals surface area (Å²) in [7, 11) is 0. The molecule has 0 aliphatic rings. The summed E-state index contributed by atoms with van der Waals surface area (Å²) in [6.45, 7) is 5.08. The second-order valence-electron chi connectivity index (χ2n) is 4.44. The van der Waals surface area contributed by atoms with Gasteiger partial charge in [-0.2, -0.15) is 0 Å². The Balaban J connectivity index is 2.09. The molecule has 1 aromatic carbocycles. The summed E-state index contributed by atoms with van der Waals surface area (Å²) in [5.41, 5.74) is 0.939. The highest BCUT2D eigenvalue weighted by Crippen LogP contribution is 2.28. The van der Waals surface area contributed by atoms with E-state index in [2.05, 4.69) is 19.2 Å². The van der Waals surface area contributed by atoms with E-state index in [1.54, 1.807) is 0 Å². The Labute approximate surface area is 113 Å². The maximum Gasteiger partial charge on any atom is 0.135 e. The summed E-state index contributed by atoms with van der Waals surface area (Å²) in [4.78, 5) is 0. The van der Waals surface area contributed by atoms with Crippen molar-refractivity contribution >= 4 is 11.6 Å². The summed E-state index contributed by atoms with van der Waals surface area (Å²) in [5.74, 6) is 1.76. The molecule has 1 atom stereocenters. The lowest BCUT2D eigenvalue weighted by atomic mass is 10.2. The molecule has 0 saturated carbocycles. The number of rotatable bonds is 5. The second kappa shape index (κ2) is 6.07. The van der Waals surface area contributed by atoms with Gasteiger partial charge in [-0.05, 0) is 37.6 Å². The third-order valence-electron chi connectivity index (χ3n) is 3.04. The van der Waals surface area contributed by atoms with Crippen LogP contribution in [0.2, 0.25) is 5.02 Å². The molecule has 0 unspecified atom stereocenters. The van der Waals surface area contributed by atoms with Gasteiger partial charge in [-0.15, -0.1) is 0 Å². The van der Waals surface area contributed by atoms with Crippen LogP contribution in [0.3, 0.4) is 0 Å². The smallest absolute Gasteiger partial charge is 0.135 e. The van der Waals surface area contributed by atoms with E-state index >= 15 is 0 Å². The number of benzene rings is 1. The van der Waals surface area contributed by atoms with E-state index in [-0.39, 0.29) is 0 Å². The van der Waals surface area contributed by atoms with Crippen LogP contribution in [0.1, 0.15) is 26.0 Å². The Morgan fingerprint density at radius 2 is 2.00 bits per heavy atom. The SMILES string of the molecule is CC[C@@H](C)NCc1ccc(-c2ccccc2Cl)o1. The van der Waals surface area contributed by atoms with Gasteiger partial charge in [-0.25, -0.2) is 0 Å². The molecule has 0 spiro atoms. The lowest BCUT2D eigenvalue weighted by Gasteiger charge is -2.09. The van der Waals surface area contributed by atoms with Crippen molar-refractivity contribution < 1.29 is 4.42 Å². The summed E-state index contributed by atoms with van der Waals surface area (Å²) in [6, 6.07) is 12.2. The van der Waals surface area contributed by atoms with E-state index in [9.17, 15) is 0 Å². The Hall–Kier alpha value is -1.25. The molecule has 2 nitrogen and oxygen atoms in total. The Morgan fingerprint density at radius 1 is 1.22 bits per heavy atom. The van der Waals surface area contributed by atoms with Gasteiger partial charge in [0, 0.05) is 11.6 Å². The molecule has 0 aliphatic carbocycles. The van der Waals surface area contributed by atoms with Crippen molar-refractivity contribution in [2.45, 2.75) is 32.9 Å². The molecule has 3 heteroatoms. The number of hydrogen-bond acceptors (Lipinski definition) is 2. The van der Waals surface area contributed by atoms with Crippen molar-refractivity contribution in [3.63, 3.8) is 0 Å². The van der Waals surface area contributed by atoms with Gasteiger partial charge in [-0.1, -0.05) is 30.7 Å². The maximum absolute atomic E-state index is 6.14. The van der Waals surface area contributed by atoms with Gasteiger partial charge in [-0.3, -0.25) is 0 Å². The van der Waals surface area contributed by atoms with Gasteiger partial charge in [0.1, 0.15) is 11.5 Å². The van der Waals surface area contributed by atoms with Gasteiger partial charge in [0.05, 0.1) is 11.6 Å². The quantitative estimate of drug-likeness (QED) is 0.860. The van der Waals surface area contributed by atoms with Gasteiger partial charge < -0.3 is 9.73 Å². The first-order valence-electron chi connectivity index (χ1n) is 6.27. The first-order chi connectivity index (χ1) is 8.70. The minimum atomic E-state index is 0.499. The van der Waals surface area contributed by atoms with E-state index in [0.29, 0.717) is 11.1 Å². The average Bonchev–Trinajstić information content (AvgIpc) is 2.85. The van der Waals surface area contributed by atoms with E-state index in [4.69, 9.17) is 16.0 Å². The third-order valence-corrected chi connectivity index (χ3v) is 3.37. The van der Waals surface area contributed by atoms with Crippen molar-refractivity contribution in [1.82, 2.24) is 5.32 Å². The van der Waals surface area contributed by atoms with Crippen LogP contribution >= 0.6 is 11.6 Å². The number of hydrogen-bond donors (Lipinski definition) is 1. The zero-order valence-electron chi connectivity index (χ0n) is 10.7. The fourth-order valence-corrected chi connectivity index (χ4v) is 1.93. The monoisotopic (exact) mass is 263 g/mol. The molecule has 2 aromatic rings. The van der Waals surface area contributed by atoms with Crippen LogP contribution in [-0.4, -0.2) is 6.04 Å². The molecule has 0 saturated heterocycles. The van der Waals surface area contributed by atoms with Crippen LogP contribution in [0, 0.1) is 0 Å². The fourth-order valence-electron chi connectivity index (χ4n) is 1.70. The summed E-state index contributed by atoms with van der Waals surface area (Å²) in [6.07, 6.45) is 1.11. The molecule has 1 N–H and O–H groups in total. The molecular formula is C15H18ClNO. The first-order valence-corrected chi connectivity index (χ1v) is 6.65. The van der Waals surface area contributed by atoms with Gasteiger partial charge in [0.25, 0.3) is 0 Å². The number of nitrogens with one attached hydrogen (secondary N) is 1. The van der Waals surface area contributed by atoms with E-state index in [1.807, 2.05) is 36.4 Å². The van der Waals surface area contributed by atoms with Crippen LogP contribution in [0.4, 0.5) is 0 Å². The summed E-state index contributed by atoms with van der Waals surface area (Å²) in [5, 5.41) is 4.12. The molecule has 2 rings (SSSR count). The van der Waals surface area contributed by atoms with Crippen molar-refractivity contribution in [1.29, 1.82) is 0 Å². The average molecular weight is 264 g/mol. The fraction of sp³-hybridized carbons (Fsp3) is 0.333. The van der Waals surface area contributed by atoms with Crippen molar-refractivity contribution in [3.8, 4) is 11.3 Å². The highest BCUT2D eigenvalue weighted by molar-refractivity contribution is 6.33. The molecule has 0 radical (unpaired) electrons. The highest BCUT2D eigenvalue weighted by Gasteiger charge is 2.08. The van der Waals surface area contributed by atoms with Crippen LogP contribution in [0.15, 0.2) is 40.8 Å². The first kappa shape index (κ1) is 13.2. The standard InChI is InChI=1S/C15H18ClNO/c1-3-11(2)17-10-12-8-9-15(18-12)13-6-4-5-7-14(13)16/h4-9,11,17H,3,10H2,1-2H3/t11-/m1/s1. The molecular weight excluding hydrogens is 246 g/mol. The second-order valence-corrected chi connectivity index (χ2v) is 4.84. The van der Waals surface area contributed by atoms with E-state index < -0.39 is 0 Å². The van der Waals surface area contributed by atoms with E-state index in [0.717, 1.165) is 30.0 Å². The summed E-state index contributed by atoms with van der Waals surface area (Å²) >= 11 is 6.14. The normalized spacial score (nSPS) is 12.6. The Kier molecular flexibility index (Phi) is 4.45. The van der Waals surface area contributed by atoms with Crippen molar-refractivity contribution in [2.24, 2.45) is 0 Å². The minimum Gasteiger partial charge on any atom is -0.460 e. The molecule has 0 aliphatic heterocycles. The number of halogens is 1. The van der Waals surface area contributed by atoms with Crippen LogP contribution in [0.5, 0.6) is 0 Å². The van der Waals surface area contributed by atoms with Crippen LogP contribution in [-0.2, 0) is 6.54 Å². The third kappa shape index (κ3) is 3.15. The molecule has 1 aromatic heterocycles. The van der Waals surface area contributed by atoms with Gasteiger partial charge in [0.2, 0.25) is 0 Å². The lowest BCUT2D eigenvalue weighted by Crippen LogP contribution is -2.24. The summed E-state index contributed by atoms with van der Waals surface area (Å²) < 4.78 is 5.80. The van der Waals surface area contributed by atoms with Crippen molar-refractivity contribution in [3.05, 3.63) is 47.2 Å². The maximum atomic E-state index is 6.14. The molecule has 96 valence electrons. The molecule has 1 heterocycles. The van der Waals surface area contributed by atoms with E-state index in [1.165, 1.54) is 0 Å². The van der Waals surface area contributed by atoms with Gasteiger partial charge >= 0.3 is 0 Å². The zero-order chi connectivity index (χ0) is 13.0. The molecule has 18 heavy (non-hydrogen) atoms. The zero-order valence-corrected chi connectivity index (χ0v) is 11.5. The number of furan rings is 1. The topological polar surface area (TPSA) is 25.2 Å². The van der Waals surface area contributed by atoms with Gasteiger partial charge in [0.15, 0.2) is 0 Å². The lowest BCUT2D eigenvalue weighted by molar-refractivity contribution is 0.457. The Bertz CT molecular complexity index is 507. The Morgan fingerprint density at radius 3 is 2.72 bits per heavy atom. The van der Waals surface area contributed by atoms with Crippen molar-refractivity contribution in [2.75, 3.05) is 0 Å². The largest absolute Gasteiger partial charge is 0.460 e. The highest BCUT2D eigenvalue weighted by atomic mass is 35.5. The predicted molar refractivity (Wildman–Crippen MR) is 75.7 cm³/mol. The minimum absolute atomic E-state index is 0.499. The van der Waals surface area contributed by atoms with Crippen LogP contribution < -0.4 is 5.32 Å². The predicted octanol–water partition coefficient (Wildman–Crippen LogP) is 4.49. The molecule has 0 bridgehead atoms. The molecule has 0 amide bonds.